The van der Waals surface area contributed by atoms with Gasteiger partial charge in [-0.1, -0.05) is 23.7 Å². The second-order valence-corrected chi connectivity index (χ2v) is 19.9. The van der Waals surface area contributed by atoms with Gasteiger partial charge in [-0.2, -0.15) is 0 Å². The number of aryl methyl sites for hydroxylation is 2. The molecule has 0 aliphatic heterocycles. The van der Waals surface area contributed by atoms with Crippen molar-refractivity contribution in [3.8, 4) is 11.3 Å². The molecule has 17 nitrogen and oxygen atoms in total. The van der Waals surface area contributed by atoms with Crippen LogP contribution in [0.25, 0.3) is 33.4 Å². The number of aromatic amines is 2. The van der Waals surface area contributed by atoms with Crippen LogP contribution in [0.5, 0.6) is 0 Å². The fraction of sp³-hybridized carbons (Fsp3) is 0.410. The van der Waals surface area contributed by atoms with Crippen LogP contribution >= 0.6 is 11.6 Å². The van der Waals surface area contributed by atoms with E-state index in [0.717, 1.165) is 69.4 Å². The molecule has 0 fully saturated rings. The molecule has 0 spiro atoms. The number of halogens is 1. The number of carbonyl (C=O) groups is 2. The number of aromatic nitrogens is 7. The van der Waals surface area contributed by atoms with Crippen molar-refractivity contribution >= 4 is 76.7 Å². The second kappa shape index (κ2) is 17.8. The first-order chi connectivity index (χ1) is 28.2. The minimum absolute atomic E-state index is 0.0449. The molecule has 0 radical (unpaired) electrons. The van der Waals surface area contributed by atoms with E-state index in [1.54, 1.807) is 6.20 Å². The van der Waals surface area contributed by atoms with Gasteiger partial charge in [-0.05, 0) is 74.6 Å². The first-order valence-corrected chi connectivity index (χ1v) is 23.7. The van der Waals surface area contributed by atoms with Crippen molar-refractivity contribution in [2.24, 2.45) is 11.8 Å². The molecule has 5 aromatic heterocycles. The molecule has 2 aliphatic carbocycles. The van der Waals surface area contributed by atoms with Crippen molar-refractivity contribution in [1.82, 2.24) is 45.5 Å². The average molecular weight is 865 g/mol. The van der Waals surface area contributed by atoms with Gasteiger partial charge in [0.25, 0.3) is 0 Å². The monoisotopic (exact) mass is 864 g/mol. The molecule has 5 N–H and O–H groups in total. The van der Waals surface area contributed by atoms with Crippen LogP contribution in [0.1, 0.15) is 48.2 Å². The van der Waals surface area contributed by atoms with Crippen LogP contribution in [0.4, 0.5) is 11.5 Å². The third-order valence-corrected chi connectivity index (χ3v) is 12.8. The molecule has 20 heteroatoms. The number of hydrogen-bond donors (Lipinski definition) is 5. The number of anilines is 2. The van der Waals surface area contributed by atoms with Crippen LogP contribution in [0.2, 0.25) is 5.15 Å². The van der Waals surface area contributed by atoms with Gasteiger partial charge >= 0.3 is 0 Å². The number of rotatable bonds is 13. The number of fused-ring (bicyclic) bond motifs is 6. The Balaban J connectivity index is 0.000000192. The summed E-state index contributed by atoms with van der Waals surface area (Å²) in [5.74, 6) is 1.04. The van der Waals surface area contributed by atoms with E-state index in [9.17, 15) is 26.4 Å². The lowest BCUT2D eigenvalue weighted by Crippen LogP contribution is -2.35. The molecule has 6 aromatic rings. The standard InChI is InChI=1S/C24H26N6O4S.C15H19ClN4O3S/c1-35(32,33)9-3-8-26-24(31)16-6-7-19-18(11-16)21-22(27-13-28-23(21)30-19)29-17-5-2-4-15(10-17)20-12-25-14-34-20;1-24(22,23)6-2-5-17-15(21)9-3-4-11-10(7-9)12-13(16)18-8-19-14(12)20-11/h2,4-5,10,12-14,16H,3,6-9,11H2,1H3,(H,26,31)(H2,27,28,29,30);8-9H,2-7H2,1H3,(H,17,21)(H,18,19,20). The molecule has 59 heavy (non-hydrogen) atoms. The number of hydrogen-bond acceptors (Lipinski definition) is 13. The van der Waals surface area contributed by atoms with E-state index >= 15 is 0 Å². The molecular weight excluding hydrogens is 820 g/mol. The van der Waals surface area contributed by atoms with Gasteiger partial charge < -0.3 is 30.3 Å². The van der Waals surface area contributed by atoms with Gasteiger partial charge in [0, 0.05) is 60.1 Å². The molecular formula is C39H45ClN10O7S2. The van der Waals surface area contributed by atoms with Gasteiger partial charge in [0.1, 0.15) is 54.6 Å². The molecule has 0 saturated carbocycles. The Kier molecular flexibility index (Phi) is 12.6. The average Bonchev–Trinajstić information content (AvgIpc) is 3.96. The van der Waals surface area contributed by atoms with Crippen LogP contribution < -0.4 is 16.0 Å². The van der Waals surface area contributed by atoms with Gasteiger partial charge in [-0.15, -0.1) is 0 Å². The zero-order valence-electron chi connectivity index (χ0n) is 32.5. The first kappa shape index (κ1) is 41.7. The predicted molar refractivity (Wildman–Crippen MR) is 224 cm³/mol. The number of nitrogens with zero attached hydrogens (tertiary/aromatic N) is 5. The van der Waals surface area contributed by atoms with Crippen molar-refractivity contribution in [1.29, 1.82) is 0 Å². The Hall–Kier alpha value is -5.40. The highest BCUT2D eigenvalue weighted by Gasteiger charge is 2.30. The van der Waals surface area contributed by atoms with Crippen LogP contribution in [-0.4, -0.2) is 101 Å². The fourth-order valence-corrected chi connectivity index (χ4v) is 9.20. The highest BCUT2D eigenvalue weighted by atomic mass is 35.5. The Morgan fingerprint density at radius 2 is 1.39 bits per heavy atom. The van der Waals surface area contributed by atoms with E-state index < -0.39 is 19.7 Å². The molecule has 8 rings (SSSR count). The molecule has 0 bridgehead atoms. The van der Waals surface area contributed by atoms with Crippen LogP contribution in [-0.2, 0) is 54.9 Å². The highest BCUT2D eigenvalue weighted by molar-refractivity contribution is 7.90. The summed E-state index contributed by atoms with van der Waals surface area (Å²) in [4.78, 5) is 52.9. The Bertz CT molecular complexity index is 2700. The van der Waals surface area contributed by atoms with Crippen molar-refractivity contribution in [2.45, 2.75) is 51.4 Å². The SMILES string of the molecule is CS(=O)(=O)CCCNC(=O)C1CCc2[nH]c3ncnc(Cl)c3c2C1.CS(=O)(=O)CCCNC(=O)C1CCc2[nH]c3ncnc(Nc4cccc(-c5cnco5)c4)c3c2C1. The van der Waals surface area contributed by atoms with E-state index in [2.05, 4.69) is 50.8 Å². The summed E-state index contributed by atoms with van der Waals surface area (Å²) in [6.45, 7) is 0.716. The number of benzene rings is 1. The summed E-state index contributed by atoms with van der Waals surface area (Å²) >= 11 is 6.18. The van der Waals surface area contributed by atoms with E-state index in [1.807, 2.05) is 24.3 Å². The minimum atomic E-state index is -3.03. The largest absolute Gasteiger partial charge is 0.444 e. The number of oxazole rings is 1. The number of carbonyl (C=O) groups excluding carboxylic acids is 2. The van der Waals surface area contributed by atoms with Crippen molar-refractivity contribution in [3.05, 3.63) is 77.2 Å². The smallest absolute Gasteiger partial charge is 0.223 e. The molecule has 2 atom stereocenters. The normalized spacial score (nSPS) is 16.5. The third-order valence-electron chi connectivity index (χ3n) is 10.5. The quantitative estimate of drug-likeness (QED) is 0.0805. The van der Waals surface area contributed by atoms with Gasteiger partial charge in [-0.25, -0.2) is 41.8 Å². The number of nitrogens with one attached hydrogen (secondary N) is 5. The zero-order chi connectivity index (χ0) is 41.7. The topological polar surface area (TPSA) is 248 Å². The molecule has 312 valence electrons. The number of sulfone groups is 2. The summed E-state index contributed by atoms with van der Waals surface area (Å²) in [6.07, 6.45) is 13.3. The Morgan fingerprint density at radius 3 is 1.97 bits per heavy atom. The van der Waals surface area contributed by atoms with Gasteiger partial charge in [0.05, 0.1) is 28.5 Å². The van der Waals surface area contributed by atoms with Crippen molar-refractivity contribution < 1.29 is 30.8 Å². The molecule has 5 heterocycles. The molecule has 2 amide bonds. The number of H-pyrrole nitrogens is 2. The summed E-state index contributed by atoms with van der Waals surface area (Å²) in [5, 5.41) is 11.2. The van der Waals surface area contributed by atoms with Crippen molar-refractivity contribution in [2.75, 3.05) is 42.4 Å². The van der Waals surface area contributed by atoms with Crippen LogP contribution in [0.15, 0.2) is 53.9 Å². The van der Waals surface area contributed by atoms with Gasteiger partial charge in [-0.3, -0.25) is 9.59 Å². The maximum absolute atomic E-state index is 12.8. The summed E-state index contributed by atoms with van der Waals surface area (Å²) in [5.41, 5.74) is 7.34. The maximum atomic E-state index is 12.8. The first-order valence-electron chi connectivity index (χ1n) is 19.2. The Labute approximate surface area is 345 Å². The minimum Gasteiger partial charge on any atom is -0.444 e. The van der Waals surface area contributed by atoms with E-state index in [1.165, 1.54) is 31.6 Å². The molecule has 2 aliphatic rings. The zero-order valence-corrected chi connectivity index (χ0v) is 34.9. The summed E-state index contributed by atoms with van der Waals surface area (Å²) < 4.78 is 50.2. The third kappa shape index (κ3) is 10.4. The van der Waals surface area contributed by atoms with E-state index in [4.69, 9.17) is 16.0 Å². The lowest BCUT2D eigenvalue weighted by molar-refractivity contribution is -0.126. The van der Waals surface area contributed by atoms with Gasteiger partial charge in [0.15, 0.2) is 12.2 Å². The predicted octanol–water partition coefficient (Wildman–Crippen LogP) is 4.28. The summed E-state index contributed by atoms with van der Waals surface area (Å²) in [7, 11) is -6.03. The van der Waals surface area contributed by atoms with Crippen LogP contribution in [0, 0.1) is 11.8 Å². The molecule has 1 aromatic carbocycles. The van der Waals surface area contributed by atoms with Gasteiger partial charge in [0.2, 0.25) is 11.8 Å². The summed E-state index contributed by atoms with van der Waals surface area (Å²) in [6, 6.07) is 7.77. The van der Waals surface area contributed by atoms with Crippen LogP contribution in [0.3, 0.4) is 0 Å². The molecule has 0 saturated heterocycles. The Morgan fingerprint density at radius 1 is 0.814 bits per heavy atom. The van der Waals surface area contributed by atoms with Crippen molar-refractivity contribution in [3.63, 3.8) is 0 Å². The number of amides is 2. The second-order valence-electron chi connectivity index (χ2n) is 15.0. The highest BCUT2D eigenvalue weighted by Crippen LogP contribution is 2.36. The fourth-order valence-electron chi connectivity index (χ4n) is 7.61. The lowest BCUT2D eigenvalue weighted by Gasteiger charge is -2.22. The maximum Gasteiger partial charge on any atom is 0.223 e. The lowest BCUT2D eigenvalue weighted by atomic mass is 9.86. The van der Waals surface area contributed by atoms with E-state index in [-0.39, 0.29) is 35.2 Å². The molecule has 2 unspecified atom stereocenters. The van der Waals surface area contributed by atoms with E-state index in [0.29, 0.717) is 67.6 Å².